The third-order valence-corrected chi connectivity index (χ3v) is 3.32. The summed E-state index contributed by atoms with van der Waals surface area (Å²) in [6.45, 7) is 4.06. The molecule has 0 saturated carbocycles. The number of ether oxygens (including phenoxy) is 1. The summed E-state index contributed by atoms with van der Waals surface area (Å²) in [6.07, 6.45) is 1.46. The van der Waals surface area contributed by atoms with Crippen molar-refractivity contribution in [2.45, 2.75) is 13.8 Å². The molecule has 5 heteroatoms. The van der Waals surface area contributed by atoms with Crippen LogP contribution in [0.2, 0.25) is 0 Å². The van der Waals surface area contributed by atoms with E-state index in [1.54, 1.807) is 11.3 Å². The Morgan fingerprint density at radius 1 is 1.47 bits per heavy atom. The van der Waals surface area contributed by atoms with Crippen LogP contribution in [0.5, 0.6) is 5.88 Å². The van der Waals surface area contributed by atoms with Gasteiger partial charge < -0.3 is 4.74 Å². The topological polar surface area (TPSA) is 58.8 Å². The van der Waals surface area contributed by atoms with E-state index in [2.05, 4.69) is 9.97 Å². The fraction of sp³-hybridized carbons (Fsp3) is 0.300. The molecule has 0 atom stereocenters. The monoisotopic (exact) mass is 219 g/mol. The van der Waals surface area contributed by atoms with Gasteiger partial charge in [-0.15, -0.1) is 11.3 Å². The Balaban J connectivity index is 2.59. The van der Waals surface area contributed by atoms with E-state index in [9.17, 15) is 0 Å². The molecule has 0 bridgehead atoms. The van der Waals surface area contributed by atoms with E-state index in [1.165, 1.54) is 11.2 Å². The van der Waals surface area contributed by atoms with Crippen molar-refractivity contribution < 1.29 is 4.74 Å². The first-order chi connectivity index (χ1) is 7.24. The predicted octanol–water partition coefficient (Wildman–Crippen LogP) is 2.21. The molecule has 0 unspecified atom stereocenters. The molecule has 0 aliphatic heterocycles. The third-order valence-electron chi connectivity index (χ3n) is 2.20. The lowest BCUT2D eigenvalue weighted by molar-refractivity contribution is 0.357. The van der Waals surface area contributed by atoms with E-state index in [-0.39, 0.29) is 6.61 Å². The Hall–Kier alpha value is -1.67. The third kappa shape index (κ3) is 1.64. The molecule has 76 valence electrons. The van der Waals surface area contributed by atoms with Crippen LogP contribution in [0, 0.1) is 25.2 Å². The van der Waals surface area contributed by atoms with Crippen LogP contribution in [0.15, 0.2) is 6.33 Å². The number of fused-ring (bicyclic) bond motifs is 1. The standard InChI is InChI=1S/C10H9N3OS/c1-6-7(2)15-10-8(6)9(12-5-13-10)14-4-3-11/h5H,4H2,1-2H3. The first-order valence-corrected chi connectivity index (χ1v) is 5.26. The molecule has 0 fully saturated rings. The fourth-order valence-corrected chi connectivity index (χ4v) is 2.35. The molecule has 2 aromatic rings. The second-order valence-corrected chi connectivity index (χ2v) is 4.29. The van der Waals surface area contributed by atoms with Gasteiger partial charge in [0.2, 0.25) is 5.88 Å². The van der Waals surface area contributed by atoms with E-state index in [0.717, 1.165) is 15.8 Å². The summed E-state index contributed by atoms with van der Waals surface area (Å²) in [5.74, 6) is 0.503. The lowest BCUT2D eigenvalue weighted by atomic mass is 10.2. The van der Waals surface area contributed by atoms with Crippen LogP contribution in [-0.4, -0.2) is 16.6 Å². The Kier molecular flexibility index (Phi) is 2.52. The minimum absolute atomic E-state index is 0.0143. The van der Waals surface area contributed by atoms with E-state index in [1.807, 2.05) is 19.9 Å². The first-order valence-electron chi connectivity index (χ1n) is 4.44. The highest BCUT2D eigenvalue weighted by Crippen LogP contribution is 2.33. The van der Waals surface area contributed by atoms with Crippen molar-refractivity contribution in [1.29, 1.82) is 5.26 Å². The predicted molar refractivity (Wildman–Crippen MR) is 58.0 cm³/mol. The van der Waals surface area contributed by atoms with E-state index < -0.39 is 0 Å². The molecular formula is C10H9N3OS. The summed E-state index contributed by atoms with van der Waals surface area (Å²) in [5, 5.41) is 9.38. The minimum atomic E-state index is 0.0143. The van der Waals surface area contributed by atoms with Crippen LogP contribution in [0.3, 0.4) is 0 Å². The molecule has 0 spiro atoms. The van der Waals surface area contributed by atoms with E-state index >= 15 is 0 Å². The zero-order valence-electron chi connectivity index (χ0n) is 8.44. The maximum absolute atomic E-state index is 8.46. The molecule has 0 aromatic carbocycles. The quantitative estimate of drug-likeness (QED) is 0.777. The Labute approximate surface area is 91.2 Å². The van der Waals surface area contributed by atoms with Crippen molar-refractivity contribution in [3.05, 3.63) is 16.8 Å². The van der Waals surface area contributed by atoms with Crippen LogP contribution >= 0.6 is 11.3 Å². The normalized spacial score (nSPS) is 10.2. The number of hydrogen-bond acceptors (Lipinski definition) is 5. The van der Waals surface area contributed by atoms with Gasteiger partial charge in [0.1, 0.15) is 17.2 Å². The SMILES string of the molecule is Cc1sc2ncnc(OCC#N)c2c1C. The highest BCUT2D eigenvalue weighted by atomic mass is 32.1. The number of aryl methyl sites for hydroxylation is 2. The Morgan fingerprint density at radius 3 is 3.00 bits per heavy atom. The number of thiophene rings is 1. The van der Waals surface area contributed by atoms with Gasteiger partial charge in [-0.1, -0.05) is 0 Å². The number of rotatable bonds is 2. The van der Waals surface area contributed by atoms with Crippen LogP contribution in [0.1, 0.15) is 10.4 Å². The maximum Gasteiger partial charge on any atom is 0.226 e. The highest BCUT2D eigenvalue weighted by molar-refractivity contribution is 7.18. The largest absolute Gasteiger partial charge is 0.462 e. The zero-order chi connectivity index (χ0) is 10.8. The second kappa shape index (κ2) is 3.83. The van der Waals surface area contributed by atoms with Gasteiger partial charge in [-0.3, -0.25) is 0 Å². The average Bonchev–Trinajstić information content (AvgIpc) is 2.53. The van der Waals surface area contributed by atoms with Crippen molar-refractivity contribution >= 4 is 21.6 Å². The van der Waals surface area contributed by atoms with Crippen molar-refractivity contribution in [1.82, 2.24) is 9.97 Å². The van der Waals surface area contributed by atoms with Crippen molar-refractivity contribution in [3.63, 3.8) is 0 Å². The highest BCUT2D eigenvalue weighted by Gasteiger charge is 2.12. The summed E-state index contributed by atoms with van der Waals surface area (Å²) in [6, 6.07) is 1.93. The fourth-order valence-electron chi connectivity index (χ4n) is 1.36. The van der Waals surface area contributed by atoms with Crippen molar-refractivity contribution in [2.24, 2.45) is 0 Å². The summed E-state index contributed by atoms with van der Waals surface area (Å²) < 4.78 is 5.26. The van der Waals surface area contributed by atoms with Crippen LogP contribution in [-0.2, 0) is 0 Å². The van der Waals surface area contributed by atoms with Crippen molar-refractivity contribution in [2.75, 3.05) is 6.61 Å². The Morgan fingerprint density at radius 2 is 2.27 bits per heavy atom. The van der Waals surface area contributed by atoms with Gasteiger partial charge in [-0.05, 0) is 19.4 Å². The van der Waals surface area contributed by atoms with Gasteiger partial charge in [0, 0.05) is 4.88 Å². The number of nitrogens with zero attached hydrogens (tertiary/aromatic N) is 3. The average molecular weight is 219 g/mol. The molecule has 0 radical (unpaired) electrons. The minimum Gasteiger partial charge on any atom is -0.462 e. The summed E-state index contributed by atoms with van der Waals surface area (Å²) >= 11 is 1.61. The van der Waals surface area contributed by atoms with Gasteiger partial charge in [-0.2, -0.15) is 5.26 Å². The lowest BCUT2D eigenvalue weighted by Gasteiger charge is -2.01. The van der Waals surface area contributed by atoms with Crippen LogP contribution in [0.25, 0.3) is 10.2 Å². The second-order valence-electron chi connectivity index (χ2n) is 3.09. The molecule has 0 saturated heterocycles. The molecule has 2 rings (SSSR count). The van der Waals surface area contributed by atoms with Gasteiger partial charge in [0.15, 0.2) is 6.61 Å². The molecule has 0 amide bonds. The molecule has 2 heterocycles. The Bertz CT molecular complexity index is 541. The van der Waals surface area contributed by atoms with E-state index in [0.29, 0.717) is 5.88 Å². The number of aromatic nitrogens is 2. The molecule has 0 N–H and O–H groups in total. The molecule has 0 aliphatic carbocycles. The van der Waals surface area contributed by atoms with Gasteiger partial charge in [0.05, 0.1) is 5.39 Å². The maximum atomic E-state index is 8.46. The first kappa shape index (κ1) is 9.87. The van der Waals surface area contributed by atoms with Crippen molar-refractivity contribution in [3.8, 4) is 11.9 Å². The van der Waals surface area contributed by atoms with Gasteiger partial charge in [-0.25, -0.2) is 9.97 Å². The summed E-state index contributed by atoms with van der Waals surface area (Å²) in [5.41, 5.74) is 1.13. The molecule has 4 nitrogen and oxygen atoms in total. The number of hydrogen-bond donors (Lipinski definition) is 0. The number of nitriles is 1. The molecule has 15 heavy (non-hydrogen) atoms. The van der Waals surface area contributed by atoms with Gasteiger partial charge in [0.25, 0.3) is 0 Å². The summed E-state index contributed by atoms with van der Waals surface area (Å²) in [4.78, 5) is 10.3. The zero-order valence-corrected chi connectivity index (χ0v) is 9.26. The van der Waals surface area contributed by atoms with Gasteiger partial charge >= 0.3 is 0 Å². The van der Waals surface area contributed by atoms with Crippen LogP contribution < -0.4 is 4.74 Å². The molecule has 0 aliphatic rings. The summed E-state index contributed by atoms with van der Waals surface area (Å²) in [7, 11) is 0. The smallest absolute Gasteiger partial charge is 0.226 e. The van der Waals surface area contributed by atoms with E-state index in [4.69, 9.17) is 10.00 Å². The molecule has 2 aromatic heterocycles. The van der Waals surface area contributed by atoms with Crippen LogP contribution in [0.4, 0.5) is 0 Å². The lowest BCUT2D eigenvalue weighted by Crippen LogP contribution is -1.97. The molecular weight excluding hydrogens is 210 g/mol.